The second kappa shape index (κ2) is 5.63. The fourth-order valence-corrected chi connectivity index (χ4v) is 2.90. The summed E-state index contributed by atoms with van der Waals surface area (Å²) in [6.07, 6.45) is 4.57. The Morgan fingerprint density at radius 3 is 3.00 bits per heavy atom. The number of hydrogen-bond acceptors (Lipinski definition) is 5. The zero-order chi connectivity index (χ0) is 16.7. The van der Waals surface area contributed by atoms with Crippen LogP contribution in [0.2, 0.25) is 0 Å². The minimum Gasteiger partial charge on any atom is -0.352 e. The lowest BCUT2D eigenvalue weighted by Crippen LogP contribution is -2.27. The van der Waals surface area contributed by atoms with Gasteiger partial charge in [0, 0.05) is 24.6 Å². The first kappa shape index (κ1) is 14.7. The monoisotopic (exact) mass is 327 g/mol. The molecule has 0 unspecified atom stereocenters. The number of H-pyrrole nitrogens is 1. The minimum absolute atomic E-state index is 0.157. The molecule has 8 nitrogen and oxygen atoms in total. The van der Waals surface area contributed by atoms with Gasteiger partial charge in [0.2, 0.25) is 0 Å². The van der Waals surface area contributed by atoms with Crippen molar-refractivity contribution in [3.05, 3.63) is 51.8 Å². The van der Waals surface area contributed by atoms with E-state index in [0.29, 0.717) is 30.3 Å². The van der Waals surface area contributed by atoms with Gasteiger partial charge in [0.15, 0.2) is 5.82 Å². The molecule has 1 fully saturated rings. The van der Waals surface area contributed by atoms with E-state index in [2.05, 4.69) is 29.4 Å². The van der Waals surface area contributed by atoms with Gasteiger partial charge in [0.1, 0.15) is 5.82 Å². The molecule has 2 N–H and O–H groups in total. The summed E-state index contributed by atoms with van der Waals surface area (Å²) in [4.78, 5) is 30.3. The molecule has 3 heterocycles. The van der Waals surface area contributed by atoms with E-state index in [4.69, 9.17) is 0 Å². The number of nitrogens with one attached hydrogen (secondary N) is 2. The second-order valence-electron chi connectivity index (χ2n) is 6.03. The maximum absolute atomic E-state index is 12.5. The van der Waals surface area contributed by atoms with Crippen molar-refractivity contribution in [1.82, 2.24) is 24.8 Å². The van der Waals surface area contributed by atoms with Crippen LogP contribution in [-0.4, -0.2) is 32.0 Å². The maximum Gasteiger partial charge on any atom is 0.438 e. The minimum atomic E-state index is -0.592. The van der Waals surface area contributed by atoms with Gasteiger partial charge >= 0.3 is 5.76 Å². The number of aromatic nitrogens is 4. The van der Waals surface area contributed by atoms with E-state index in [1.807, 2.05) is 25.3 Å². The van der Waals surface area contributed by atoms with Crippen LogP contribution in [0.3, 0.4) is 0 Å². The fourth-order valence-electron chi connectivity index (χ4n) is 2.90. The molecule has 3 aromatic heterocycles. The molecule has 124 valence electrons. The summed E-state index contributed by atoms with van der Waals surface area (Å²) in [5.74, 6) is 1.21. The summed E-state index contributed by atoms with van der Waals surface area (Å²) >= 11 is 0. The van der Waals surface area contributed by atoms with Gasteiger partial charge in [-0.25, -0.2) is 9.78 Å². The van der Waals surface area contributed by atoms with Crippen LogP contribution in [0.25, 0.3) is 5.52 Å². The molecule has 0 saturated heterocycles. The highest BCUT2D eigenvalue weighted by atomic mass is 16.5. The lowest BCUT2D eigenvalue weighted by atomic mass is 10.1. The lowest BCUT2D eigenvalue weighted by molar-refractivity contribution is 0.0952. The molecule has 3 aromatic rings. The first-order valence-electron chi connectivity index (χ1n) is 7.93. The van der Waals surface area contributed by atoms with Crippen molar-refractivity contribution in [2.24, 2.45) is 0 Å². The van der Waals surface area contributed by atoms with Gasteiger partial charge < -0.3 is 5.32 Å². The summed E-state index contributed by atoms with van der Waals surface area (Å²) in [5, 5.41) is 6.41. The molecule has 0 bridgehead atoms. The number of aromatic amines is 1. The standard InChI is InChI=1S/C16H17N5O3/c1-9-12(15(22)17-7-6-13-19-16(23)24-20-13)5-4-11-8-18-14(21(9)11)10-2-3-10/h4-5,8,10H,2-3,6-7H2,1H3,(H,17,22)(H,19,20,23). The van der Waals surface area contributed by atoms with Crippen molar-refractivity contribution < 1.29 is 9.32 Å². The van der Waals surface area contributed by atoms with Crippen molar-refractivity contribution in [3.63, 3.8) is 0 Å². The SMILES string of the molecule is Cc1c(C(=O)NCCc2noc(=O)[nH]2)ccc2cnc(C3CC3)n12. The Morgan fingerprint density at radius 2 is 2.29 bits per heavy atom. The molecule has 0 aromatic carbocycles. The number of rotatable bonds is 5. The summed E-state index contributed by atoms with van der Waals surface area (Å²) in [6, 6.07) is 3.73. The highest BCUT2D eigenvalue weighted by Crippen LogP contribution is 2.39. The first-order chi connectivity index (χ1) is 11.6. The van der Waals surface area contributed by atoms with Crippen LogP contribution < -0.4 is 11.1 Å². The third-order valence-electron chi connectivity index (χ3n) is 4.28. The number of carbonyl (C=O) groups is 1. The molecule has 1 aliphatic carbocycles. The third-order valence-corrected chi connectivity index (χ3v) is 4.28. The van der Waals surface area contributed by atoms with E-state index in [-0.39, 0.29) is 5.91 Å². The number of carbonyl (C=O) groups excluding carboxylic acids is 1. The number of fused-ring (bicyclic) bond motifs is 1. The predicted molar refractivity (Wildman–Crippen MR) is 85.1 cm³/mol. The second-order valence-corrected chi connectivity index (χ2v) is 6.03. The highest BCUT2D eigenvalue weighted by molar-refractivity contribution is 5.95. The zero-order valence-electron chi connectivity index (χ0n) is 13.2. The van der Waals surface area contributed by atoms with Crippen LogP contribution in [-0.2, 0) is 6.42 Å². The average Bonchev–Trinajstić information content (AvgIpc) is 3.18. The molecule has 0 atom stereocenters. The van der Waals surface area contributed by atoms with Crippen molar-refractivity contribution in [1.29, 1.82) is 0 Å². The quantitative estimate of drug-likeness (QED) is 0.732. The van der Waals surface area contributed by atoms with E-state index in [1.165, 1.54) is 0 Å². The third kappa shape index (κ3) is 2.60. The highest BCUT2D eigenvalue weighted by Gasteiger charge is 2.28. The Bertz CT molecular complexity index is 964. The van der Waals surface area contributed by atoms with Gasteiger partial charge in [-0.15, -0.1) is 0 Å². The van der Waals surface area contributed by atoms with Crippen LogP contribution in [0.1, 0.15) is 46.5 Å². The topological polar surface area (TPSA) is 105 Å². The molecule has 0 spiro atoms. The number of aryl methyl sites for hydroxylation is 1. The molecule has 0 radical (unpaired) electrons. The van der Waals surface area contributed by atoms with Gasteiger partial charge in [-0.3, -0.25) is 18.7 Å². The van der Waals surface area contributed by atoms with Gasteiger partial charge in [-0.1, -0.05) is 5.16 Å². The smallest absolute Gasteiger partial charge is 0.352 e. The summed E-state index contributed by atoms with van der Waals surface area (Å²) in [6.45, 7) is 2.29. The lowest BCUT2D eigenvalue weighted by Gasteiger charge is -2.11. The fraction of sp³-hybridized carbons (Fsp3) is 0.375. The van der Waals surface area contributed by atoms with E-state index in [0.717, 1.165) is 29.9 Å². The number of nitrogens with zero attached hydrogens (tertiary/aromatic N) is 3. The van der Waals surface area contributed by atoms with Crippen LogP contribution in [0.5, 0.6) is 0 Å². The average molecular weight is 327 g/mol. The Morgan fingerprint density at radius 1 is 1.46 bits per heavy atom. The summed E-state index contributed by atoms with van der Waals surface area (Å²) < 4.78 is 6.49. The number of imidazole rings is 1. The van der Waals surface area contributed by atoms with E-state index in [1.54, 1.807) is 0 Å². The van der Waals surface area contributed by atoms with E-state index < -0.39 is 5.76 Å². The Labute approximate surface area is 136 Å². The molecule has 24 heavy (non-hydrogen) atoms. The number of hydrogen-bond donors (Lipinski definition) is 2. The molecule has 4 rings (SSSR count). The van der Waals surface area contributed by atoms with Gasteiger partial charge in [0.25, 0.3) is 5.91 Å². The summed E-state index contributed by atoms with van der Waals surface area (Å²) in [7, 11) is 0. The maximum atomic E-state index is 12.5. The number of pyridine rings is 1. The molecule has 1 amide bonds. The van der Waals surface area contributed by atoms with Crippen molar-refractivity contribution in [2.45, 2.75) is 32.1 Å². The summed E-state index contributed by atoms with van der Waals surface area (Å²) in [5.41, 5.74) is 2.52. The first-order valence-corrected chi connectivity index (χ1v) is 7.93. The van der Waals surface area contributed by atoms with Crippen LogP contribution in [0.4, 0.5) is 0 Å². The van der Waals surface area contributed by atoms with Gasteiger partial charge in [-0.05, 0) is 31.9 Å². The van der Waals surface area contributed by atoms with E-state index in [9.17, 15) is 9.59 Å². The molecule has 8 heteroatoms. The van der Waals surface area contributed by atoms with Crippen molar-refractivity contribution >= 4 is 11.4 Å². The zero-order valence-corrected chi connectivity index (χ0v) is 13.2. The van der Waals surface area contributed by atoms with Crippen molar-refractivity contribution in [2.75, 3.05) is 6.54 Å². The van der Waals surface area contributed by atoms with Gasteiger partial charge in [0.05, 0.1) is 17.3 Å². The predicted octanol–water partition coefficient (Wildman–Crippen LogP) is 1.17. The molecular formula is C16H17N5O3. The molecule has 1 aliphatic rings. The van der Waals surface area contributed by atoms with Crippen LogP contribution in [0.15, 0.2) is 27.6 Å². The van der Waals surface area contributed by atoms with Crippen LogP contribution in [0, 0.1) is 6.92 Å². The largest absolute Gasteiger partial charge is 0.438 e. The molecule has 0 aliphatic heterocycles. The molecular weight excluding hydrogens is 310 g/mol. The Balaban J connectivity index is 1.52. The Kier molecular flexibility index (Phi) is 3.44. The normalized spacial score (nSPS) is 14.2. The Hall–Kier alpha value is -2.90. The number of amides is 1. The van der Waals surface area contributed by atoms with E-state index >= 15 is 0 Å². The van der Waals surface area contributed by atoms with Crippen LogP contribution >= 0.6 is 0 Å². The van der Waals surface area contributed by atoms with Crippen molar-refractivity contribution in [3.8, 4) is 0 Å². The molecule has 1 saturated carbocycles. The van der Waals surface area contributed by atoms with Gasteiger partial charge in [-0.2, -0.15) is 0 Å².